The predicted octanol–water partition coefficient (Wildman–Crippen LogP) is 5.90. The van der Waals surface area contributed by atoms with Gasteiger partial charge in [-0.15, -0.1) is 0 Å². The van der Waals surface area contributed by atoms with E-state index in [0.717, 1.165) is 53.8 Å². The van der Waals surface area contributed by atoms with E-state index in [4.69, 9.17) is 21.1 Å². The number of anilines is 2. The van der Waals surface area contributed by atoms with E-state index in [1.165, 1.54) is 11.1 Å². The fourth-order valence-corrected chi connectivity index (χ4v) is 4.08. The molecule has 1 atom stereocenters. The van der Waals surface area contributed by atoms with Crippen LogP contribution in [-0.2, 0) is 6.42 Å². The van der Waals surface area contributed by atoms with E-state index in [1.54, 1.807) is 0 Å². The van der Waals surface area contributed by atoms with Crippen LogP contribution in [0.15, 0.2) is 66.7 Å². The SMILES string of the molecule is CCNCCCOc1ccc2c(c1)N(C)C(c1ccc(OCCc3ccc(Cl)cc3)cc1)N2. The number of hydrogen-bond acceptors (Lipinski definition) is 5. The van der Waals surface area contributed by atoms with Gasteiger partial charge in [-0.1, -0.05) is 42.8 Å². The van der Waals surface area contributed by atoms with Crippen LogP contribution < -0.4 is 25.0 Å². The summed E-state index contributed by atoms with van der Waals surface area (Å²) in [5.74, 6) is 1.78. The van der Waals surface area contributed by atoms with Gasteiger partial charge in [0.1, 0.15) is 17.7 Å². The van der Waals surface area contributed by atoms with E-state index in [9.17, 15) is 0 Å². The summed E-state index contributed by atoms with van der Waals surface area (Å²) in [6.07, 6.45) is 1.92. The topological polar surface area (TPSA) is 45.8 Å². The molecular weight excluding hydrogens is 434 g/mol. The molecule has 0 spiro atoms. The molecule has 0 bridgehead atoms. The molecule has 3 aromatic carbocycles. The largest absolute Gasteiger partial charge is 0.493 e. The van der Waals surface area contributed by atoms with Crippen molar-refractivity contribution in [1.82, 2.24) is 5.32 Å². The molecule has 0 aliphatic carbocycles. The molecule has 1 aliphatic heterocycles. The van der Waals surface area contributed by atoms with Crippen LogP contribution in [-0.4, -0.2) is 33.4 Å². The molecule has 4 rings (SSSR count). The molecule has 5 nitrogen and oxygen atoms in total. The minimum absolute atomic E-state index is 0.0760. The molecule has 6 heteroatoms. The van der Waals surface area contributed by atoms with Crippen molar-refractivity contribution in [3.63, 3.8) is 0 Å². The first-order valence-electron chi connectivity index (χ1n) is 11.6. The van der Waals surface area contributed by atoms with Gasteiger partial charge in [0, 0.05) is 24.6 Å². The Labute approximate surface area is 201 Å². The summed E-state index contributed by atoms with van der Waals surface area (Å²) >= 11 is 5.94. The third-order valence-electron chi connectivity index (χ3n) is 5.81. The Morgan fingerprint density at radius 3 is 2.42 bits per heavy atom. The van der Waals surface area contributed by atoms with Crippen molar-refractivity contribution in [2.45, 2.75) is 25.9 Å². The molecule has 0 saturated heterocycles. The number of benzene rings is 3. The van der Waals surface area contributed by atoms with Gasteiger partial charge in [-0.25, -0.2) is 0 Å². The molecule has 2 N–H and O–H groups in total. The molecule has 174 valence electrons. The number of fused-ring (bicyclic) bond motifs is 1. The van der Waals surface area contributed by atoms with E-state index >= 15 is 0 Å². The number of ether oxygens (including phenoxy) is 2. The highest BCUT2D eigenvalue weighted by atomic mass is 35.5. The third kappa shape index (κ3) is 6.12. The van der Waals surface area contributed by atoms with Gasteiger partial charge in [0.05, 0.1) is 24.6 Å². The Kier molecular flexibility index (Phi) is 7.97. The lowest BCUT2D eigenvalue weighted by Crippen LogP contribution is -2.23. The lowest BCUT2D eigenvalue weighted by molar-refractivity contribution is 0.309. The number of nitrogens with zero attached hydrogens (tertiary/aromatic N) is 1. The number of rotatable bonds is 11. The summed E-state index contributed by atoms with van der Waals surface area (Å²) in [6, 6.07) is 22.5. The van der Waals surface area contributed by atoms with Crippen LogP contribution in [0, 0.1) is 0 Å². The van der Waals surface area contributed by atoms with Crippen LogP contribution in [0.25, 0.3) is 0 Å². The second kappa shape index (κ2) is 11.3. The molecule has 33 heavy (non-hydrogen) atoms. The summed E-state index contributed by atoms with van der Waals surface area (Å²) in [6.45, 7) is 5.43. The summed E-state index contributed by atoms with van der Waals surface area (Å²) in [7, 11) is 2.11. The molecule has 0 amide bonds. The van der Waals surface area contributed by atoms with Crippen molar-refractivity contribution < 1.29 is 9.47 Å². The number of hydrogen-bond donors (Lipinski definition) is 2. The van der Waals surface area contributed by atoms with Crippen LogP contribution >= 0.6 is 11.6 Å². The van der Waals surface area contributed by atoms with E-state index < -0.39 is 0 Å². The average molecular weight is 466 g/mol. The molecular formula is C27H32ClN3O2. The molecule has 0 aromatic heterocycles. The Hall–Kier alpha value is -2.89. The van der Waals surface area contributed by atoms with E-state index in [0.29, 0.717) is 13.2 Å². The molecule has 0 fully saturated rings. The summed E-state index contributed by atoms with van der Waals surface area (Å²) in [5.41, 5.74) is 4.66. The lowest BCUT2D eigenvalue weighted by atomic mass is 10.1. The second-order valence-electron chi connectivity index (χ2n) is 8.19. The first-order chi connectivity index (χ1) is 16.1. The maximum Gasteiger partial charge on any atom is 0.125 e. The van der Waals surface area contributed by atoms with Gasteiger partial charge in [-0.05, 0) is 67.0 Å². The Morgan fingerprint density at radius 1 is 0.939 bits per heavy atom. The summed E-state index contributed by atoms with van der Waals surface area (Å²) < 4.78 is 11.9. The van der Waals surface area contributed by atoms with Gasteiger partial charge in [-0.3, -0.25) is 0 Å². The van der Waals surface area contributed by atoms with Crippen molar-refractivity contribution in [1.29, 1.82) is 0 Å². The van der Waals surface area contributed by atoms with Crippen molar-refractivity contribution >= 4 is 23.0 Å². The zero-order valence-electron chi connectivity index (χ0n) is 19.3. The van der Waals surface area contributed by atoms with E-state index in [1.807, 2.05) is 42.5 Å². The van der Waals surface area contributed by atoms with Gasteiger partial charge in [-0.2, -0.15) is 0 Å². The maximum absolute atomic E-state index is 5.94. The minimum atomic E-state index is 0.0760. The van der Waals surface area contributed by atoms with Crippen molar-refractivity contribution in [2.24, 2.45) is 0 Å². The first kappa shape index (κ1) is 23.3. The fraction of sp³-hybridized carbons (Fsp3) is 0.333. The maximum atomic E-state index is 5.94. The van der Waals surface area contributed by atoms with Gasteiger partial charge in [0.25, 0.3) is 0 Å². The quantitative estimate of drug-likeness (QED) is 0.345. The molecule has 1 aliphatic rings. The van der Waals surface area contributed by atoms with Crippen LogP contribution in [0.3, 0.4) is 0 Å². The normalized spacial score (nSPS) is 14.6. The van der Waals surface area contributed by atoms with Crippen LogP contribution in [0.4, 0.5) is 11.4 Å². The minimum Gasteiger partial charge on any atom is -0.493 e. The van der Waals surface area contributed by atoms with Crippen LogP contribution in [0.1, 0.15) is 30.6 Å². The zero-order valence-corrected chi connectivity index (χ0v) is 20.1. The molecule has 0 saturated carbocycles. The molecule has 1 heterocycles. The van der Waals surface area contributed by atoms with Crippen LogP contribution in [0.2, 0.25) is 5.02 Å². The lowest BCUT2D eigenvalue weighted by Gasteiger charge is -2.23. The predicted molar refractivity (Wildman–Crippen MR) is 137 cm³/mol. The second-order valence-corrected chi connectivity index (χ2v) is 8.62. The molecule has 1 unspecified atom stereocenters. The summed E-state index contributed by atoms with van der Waals surface area (Å²) in [5, 5.41) is 7.69. The average Bonchev–Trinajstić information content (AvgIpc) is 3.16. The number of nitrogens with one attached hydrogen (secondary N) is 2. The number of halogens is 1. The monoisotopic (exact) mass is 465 g/mol. The Balaban J connectivity index is 1.30. The smallest absolute Gasteiger partial charge is 0.125 e. The fourth-order valence-electron chi connectivity index (χ4n) is 3.95. The molecule has 3 aromatic rings. The first-order valence-corrected chi connectivity index (χ1v) is 12.0. The molecule has 0 radical (unpaired) electrons. The zero-order chi connectivity index (χ0) is 23.0. The van der Waals surface area contributed by atoms with E-state index in [2.05, 4.69) is 53.8 Å². The van der Waals surface area contributed by atoms with Crippen molar-refractivity contribution in [3.8, 4) is 11.5 Å². The van der Waals surface area contributed by atoms with Gasteiger partial charge in [0.2, 0.25) is 0 Å². The van der Waals surface area contributed by atoms with Crippen LogP contribution in [0.5, 0.6) is 11.5 Å². The van der Waals surface area contributed by atoms with Gasteiger partial charge in [0.15, 0.2) is 0 Å². The highest BCUT2D eigenvalue weighted by molar-refractivity contribution is 6.30. The highest BCUT2D eigenvalue weighted by Crippen LogP contribution is 2.42. The van der Waals surface area contributed by atoms with Gasteiger partial charge < -0.3 is 25.0 Å². The van der Waals surface area contributed by atoms with E-state index in [-0.39, 0.29) is 6.17 Å². The van der Waals surface area contributed by atoms with Crippen molar-refractivity contribution in [3.05, 3.63) is 82.9 Å². The Bertz CT molecular complexity index is 1020. The summed E-state index contributed by atoms with van der Waals surface area (Å²) in [4.78, 5) is 2.25. The third-order valence-corrected chi connectivity index (χ3v) is 6.07. The standard InChI is InChI=1S/C27H32ClN3O2/c1-3-29-16-4-17-32-24-13-14-25-26(19-24)31(2)27(30-25)21-7-11-23(12-8-21)33-18-15-20-5-9-22(28)10-6-20/h5-14,19,27,29-30H,3-4,15-18H2,1-2H3. The highest BCUT2D eigenvalue weighted by Gasteiger charge is 2.27. The van der Waals surface area contributed by atoms with Gasteiger partial charge >= 0.3 is 0 Å². The van der Waals surface area contributed by atoms with Crippen molar-refractivity contribution in [2.75, 3.05) is 43.6 Å². The Morgan fingerprint density at radius 2 is 1.67 bits per heavy atom.